The molecule has 1 aliphatic heterocycles. The second kappa shape index (κ2) is 7.51. The lowest BCUT2D eigenvalue weighted by atomic mass is 10.3. The highest BCUT2D eigenvalue weighted by molar-refractivity contribution is 7.89. The van der Waals surface area contributed by atoms with Gasteiger partial charge in [-0.15, -0.1) is 0 Å². The Labute approximate surface area is 131 Å². The summed E-state index contributed by atoms with van der Waals surface area (Å²) in [7, 11) is -1.46. The van der Waals surface area contributed by atoms with Gasteiger partial charge < -0.3 is 9.80 Å². The van der Waals surface area contributed by atoms with E-state index in [0.717, 1.165) is 39.1 Å². The van der Waals surface area contributed by atoms with Gasteiger partial charge in [0.05, 0.1) is 5.02 Å². The number of hydrogen-bond donors (Lipinski definition) is 1. The Hall–Kier alpha value is -0.730. The number of aromatic nitrogens is 1. The second-order valence-corrected chi connectivity index (χ2v) is 7.34. The van der Waals surface area contributed by atoms with Gasteiger partial charge in [0, 0.05) is 45.1 Å². The van der Waals surface area contributed by atoms with E-state index in [-0.39, 0.29) is 9.92 Å². The molecule has 1 aromatic heterocycles. The van der Waals surface area contributed by atoms with Crippen molar-refractivity contribution in [3.8, 4) is 0 Å². The third-order valence-corrected chi connectivity index (χ3v) is 5.49. The summed E-state index contributed by atoms with van der Waals surface area (Å²) in [4.78, 5) is 8.49. The van der Waals surface area contributed by atoms with Gasteiger partial charge in [-0.3, -0.25) is 4.98 Å². The number of piperazine rings is 1. The SMILES string of the molecule is CN1CCN(CCCNS(=O)(=O)c2cnccc2Cl)CC1. The molecule has 6 nitrogen and oxygen atoms in total. The van der Waals surface area contributed by atoms with E-state index in [1.807, 2.05) is 0 Å². The number of rotatable bonds is 6. The first-order valence-electron chi connectivity index (χ1n) is 6.99. The lowest BCUT2D eigenvalue weighted by Crippen LogP contribution is -2.45. The van der Waals surface area contributed by atoms with Crippen LogP contribution >= 0.6 is 11.6 Å². The molecule has 0 amide bonds. The van der Waals surface area contributed by atoms with E-state index >= 15 is 0 Å². The Bertz CT molecular complexity index is 559. The summed E-state index contributed by atoms with van der Waals surface area (Å²) < 4.78 is 26.8. The average Bonchev–Trinajstić information content (AvgIpc) is 2.46. The van der Waals surface area contributed by atoms with E-state index in [2.05, 4.69) is 26.6 Å². The van der Waals surface area contributed by atoms with Crippen molar-refractivity contribution in [3.63, 3.8) is 0 Å². The smallest absolute Gasteiger partial charge is 0.243 e. The molecule has 1 aromatic rings. The predicted molar refractivity (Wildman–Crippen MR) is 83.0 cm³/mol. The molecule has 118 valence electrons. The van der Waals surface area contributed by atoms with Gasteiger partial charge in [0.15, 0.2) is 0 Å². The zero-order chi connectivity index (χ0) is 15.3. The standard InChI is InChI=1S/C13H21ClN4O2S/c1-17-7-9-18(10-8-17)6-2-4-16-21(19,20)13-11-15-5-3-12(13)14/h3,5,11,16H,2,4,6-10H2,1H3. The molecule has 0 unspecified atom stereocenters. The molecule has 1 saturated heterocycles. The van der Waals surface area contributed by atoms with Crippen LogP contribution in [0, 0.1) is 0 Å². The van der Waals surface area contributed by atoms with Gasteiger partial charge in [-0.2, -0.15) is 0 Å². The van der Waals surface area contributed by atoms with Gasteiger partial charge in [0.25, 0.3) is 0 Å². The molecule has 0 radical (unpaired) electrons. The maximum absolute atomic E-state index is 12.1. The Morgan fingerprint density at radius 3 is 2.71 bits per heavy atom. The maximum Gasteiger partial charge on any atom is 0.243 e. The molecule has 8 heteroatoms. The number of sulfonamides is 1. The van der Waals surface area contributed by atoms with E-state index in [1.54, 1.807) is 0 Å². The maximum atomic E-state index is 12.1. The molecule has 1 N–H and O–H groups in total. The highest BCUT2D eigenvalue weighted by Gasteiger charge is 2.18. The van der Waals surface area contributed by atoms with E-state index in [4.69, 9.17) is 11.6 Å². The first-order chi connectivity index (χ1) is 9.99. The van der Waals surface area contributed by atoms with E-state index in [9.17, 15) is 8.42 Å². The fraction of sp³-hybridized carbons (Fsp3) is 0.615. The number of likely N-dealkylation sites (N-methyl/N-ethyl adjacent to an activating group) is 1. The van der Waals surface area contributed by atoms with Crippen LogP contribution in [-0.4, -0.2) is 69.5 Å². The van der Waals surface area contributed by atoms with Gasteiger partial charge in [0.1, 0.15) is 4.90 Å². The van der Waals surface area contributed by atoms with Crippen LogP contribution in [-0.2, 0) is 10.0 Å². The monoisotopic (exact) mass is 332 g/mol. The molecule has 0 aliphatic carbocycles. The number of pyridine rings is 1. The molecule has 21 heavy (non-hydrogen) atoms. The van der Waals surface area contributed by atoms with Crippen LogP contribution in [0.2, 0.25) is 5.02 Å². The fourth-order valence-corrected chi connectivity index (χ4v) is 3.72. The molecular weight excluding hydrogens is 312 g/mol. The van der Waals surface area contributed by atoms with Crippen LogP contribution in [0.25, 0.3) is 0 Å². The first kappa shape index (κ1) is 16.6. The first-order valence-corrected chi connectivity index (χ1v) is 8.85. The topological polar surface area (TPSA) is 65.5 Å². The lowest BCUT2D eigenvalue weighted by molar-refractivity contribution is 0.153. The Balaban J connectivity index is 1.77. The Morgan fingerprint density at radius 2 is 2.05 bits per heavy atom. The summed E-state index contributed by atoms with van der Waals surface area (Å²) in [6, 6.07) is 1.47. The van der Waals surface area contributed by atoms with Crippen molar-refractivity contribution in [1.82, 2.24) is 19.5 Å². The quantitative estimate of drug-likeness (QED) is 0.775. The third-order valence-electron chi connectivity index (χ3n) is 3.56. The van der Waals surface area contributed by atoms with E-state index < -0.39 is 10.0 Å². The van der Waals surface area contributed by atoms with Gasteiger partial charge in [-0.25, -0.2) is 13.1 Å². The second-order valence-electron chi connectivity index (χ2n) is 5.20. The van der Waals surface area contributed by atoms with Gasteiger partial charge >= 0.3 is 0 Å². The molecule has 2 rings (SSSR count). The van der Waals surface area contributed by atoms with Crippen LogP contribution in [0.4, 0.5) is 0 Å². The number of nitrogens with zero attached hydrogens (tertiary/aromatic N) is 3. The predicted octanol–water partition coefficient (Wildman–Crippen LogP) is 0.651. The Kier molecular flexibility index (Phi) is 5.95. The fourth-order valence-electron chi connectivity index (χ4n) is 2.22. The zero-order valence-corrected chi connectivity index (χ0v) is 13.7. The minimum absolute atomic E-state index is 0.0336. The number of hydrogen-bond acceptors (Lipinski definition) is 5. The van der Waals surface area contributed by atoms with Crippen molar-refractivity contribution in [3.05, 3.63) is 23.5 Å². The van der Waals surface area contributed by atoms with Gasteiger partial charge in [0.2, 0.25) is 10.0 Å². The molecule has 0 bridgehead atoms. The Morgan fingerprint density at radius 1 is 1.33 bits per heavy atom. The van der Waals surface area contributed by atoms with Crippen LogP contribution < -0.4 is 4.72 Å². The molecule has 1 fully saturated rings. The van der Waals surface area contributed by atoms with Crippen molar-refractivity contribution < 1.29 is 8.42 Å². The van der Waals surface area contributed by atoms with E-state index in [0.29, 0.717) is 6.54 Å². The number of nitrogens with one attached hydrogen (secondary N) is 1. The number of halogens is 1. The molecule has 1 aliphatic rings. The zero-order valence-electron chi connectivity index (χ0n) is 12.1. The van der Waals surface area contributed by atoms with Crippen LogP contribution in [0.3, 0.4) is 0 Å². The molecule has 0 spiro atoms. The largest absolute Gasteiger partial charge is 0.304 e. The normalized spacial score (nSPS) is 18.0. The molecular formula is C13H21ClN4O2S. The molecule has 0 aromatic carbocycles. The molecule has 2 heterocycles. The van der Waals surface area contributed by atoms with Gasteiger partial charge in [-0.1, -0.05) is 11.6 Å². The van der Waals surface area contributed by atoms with E-state index in [1.165, 1.54) is 18.5 Å². The van der Waals surface area contributed by atoms with Crippen molar-refractivity contribution >= 4 is 21.6 Å². The van der Waals surface area contributed by atoms with Crippen LogP contribution in [0.15, 0.2) is 23.4 Å². The van der Waals surface area contributed by atoms with Crippen molar-refractivity contribution in [2.24, 2.45) is 0 Å². The summed E-state index contributed by atoms with van der Waals surface area (Å²) in [6.07, 6.45) is 3.51. The summed E-state index contributed by atoms with van der Waals surface area (Å²) >= 11 is 5.88. The summed E-state index contributed by atoms with van der Waals surface area (Å²) in [5, 5.41) is 0.191. The summed E-state index contributed by atoms with van der Waals surface area (Å²) in [6.45, 7) is 5.51. The van der Waals surface area contributed by atoms with Crippen molar-refractivity contribution in [2.75, 3.05) is 46.3 Å². The van der Waals surface area contributed by atoms with Crippen molar-refractivity contribution in [1.29, 1.82) is 0 Å². The highest BCUT2D eigenvalue weighted by Crippen LogP contribution is 2.18. The summed E-state index contributed by atoms with van der Waals surface area (Å²) in [5.41, 5.74) is 0. The molecule has 0 saturated carbocycles. The average molecular weight is 333 g/mol. The van der Waals surface area contributed by atoms with Crippen LogP contribution in [0.5, 0.6) is 0 Å². The van der Waals surface area contributed by atoms with Gasteiger partial charge in [-0.05, 0) is 26.1 Å². The third kappa shape index (κ3) is 4.89. The molecule has 0 atom stereocenters. The highest BCUT2D eigenvalue weighted by atomic mass is 35.5. The minimum atomic E-state index is -3.57. The van der Waals surface area contributed by atoms with Crippen LogP contribution in [0.1, 0.15) is 6.42 Å². The lowest BCUT2D eigenvalue weighted by Gasteiger charge is -2.32. The summed E-state index contributed by atoms with van der Waals surface area (Å²) in [5.74, 6) is 0. The van der Waals surface area contributed by atoms with Crippen molar-refractivity contribution in [2.45, 2.75) is 11.3 Å². The minimum Gasteiger partial charge on any atom is -0.304 e.